The maximum atomic E-state index is 11.6. The highest BCUT2D eigenvalue weighted by Crippen LogP contribution is 2.27. The summed E-state index contributed by atoms with van der Waals surface area (Å²) in [4.78, 5) is 32.0. The lowest BCUT2D eigenvalue weighted by Gasteiger charge is -2.12. The van der Waals surface area contributed by atoms with E-state index in [1.807, 2.05) is 0 Å². The van der Waals surface area contributed by atoms with Crippen LogP contribution in [0.4, 0.5) is 16.2 Å². The third-order valence-electron chi connectivity index (χ3n) is 2.26. The predicted molar refractivity (Wildman–Crippen MR) is 72.0 cm³/mol. The number of carbonyl (C=O) groups is 2. The lowest BCUT2D eigenvalue weighted by Crippen LogP contribution is -2.37. The minimum absolute atomic E-state index is 0.0415. The predicted octanol–water partition coefficient (Wildman–Crippen LogP) is 2.23. The normalized spacial score (nSPS) is 11.5. The van der Waals surface area contributed by atoms with Gasteiger partial charge in [-0.05, 0) is 19.1 Å². The zero-order chi connectivity index (χ0) is 15.3. The maximum absolute atomic E-state index is 11.6. The van der Waals surface area contributed by atoms with Crippen molar-refractivity contribution in [1.29, 1.82) is 0 Å². The van der Waals surface area contributed by atoms with Gasteiger partial charge in [-0.3, -0.25) is 14.9 Å². The molecule has 20 heavy (non-hydrogen) atoms. The Hall–Kier alpha value is -2.35. The number of carbonyl (C=O) groups excluding carboxylic acids is 1. The van der Waals surface area contributed by atoms with Gasteiger partial charge >= 0.3 is 12.0 Å². The molecule has 0 aromatic heterocycles. The van der Waals surface area contributed by atoms with Gasteiger partial charge in [0.15, 0.2) is 0 Å². The van der Waals surface area contributed by atoms with Crippen LogP contribution in [0.15, 0.2) is 18.2 Å². The minimum atomic E-state index is -1.04. The number of amides is 2. The molecule has 0 heterocycles. The second-order valence-corrected chi connectivity index (χ2v) is 4.43. The van der Waals surface area contributed by atoms with Crippen LogP contribution in [-0.2, 0) is 4.79 Å². The van der Waals surface area contributed by atoms with Crippen LogP contribution >= 0.6 is 11.6 Å². The highest BCUT2D eigenvalue weighted by molar-refractivity contribution is 6.32. The number of benzene rings is 1. The molecule has 0 saturated heterocycles. The number of aliphatic carboxylic acids is 1. The highest BCUT2D eigenvalue weighted by Gasteiger charge is 2.15. The van der Waals surface area contributed by atoms with E-state index >= 15 is 0 Å². The molecule has 1 atom stereocenters. The van der Waals surface area contributed by atoms with Crippen LogP contribution in [-0.4, -0.2) is 28.1 Å². The second kappa shape index (κ2) is 6.71. The average molecular weight is 302 g/mol. The van der Waals surface area contributed by atoms with Gasteiger partial charge < -0.3 is 15.7 Å². The SMILES string of the molecule is CC(CC(=O)O)NC(=O)Nc1ccc(Cl)c([N+](=O)[O-])c1. The van der Waals surface area contributed by atoms with E-state index in [1.165, 1.54) is 19.1 Å². The first-order valence-electron chi connectivity index (χ1n) is 5.53. The van der Waals surface area contributed by atoms with E-state index in [-0.39, 0.29) is 22.8 Å². The monoisotopic (exact) mass is 301 g/mol. The second-order valence-electron chi connectivity index (χ2n) is 4.02. The van der Waals surface area contributed by atoms with Gasteiger partial charge in [-0.1, -0.05) is 11.6 Å². The zero-order valence-corrected chi connectivity index (χ0v) is 11.2. The van der Waals surface area contributed by atoms with Crippen molar-refractivity contribution in [1.82, 2.24) is 5.32 Å². The topological polar surface area (TPSA) is 122 Å². The number of anilines is 1. The number of nitro groups is 1. The molecule has 2 amide bonds. The molecule has 0 aliphatic heterocycles. The fourth-order valence-electron chi connectivity index (χ4n) is 1.43. The van der Waals surface area contributed by atoms with Crippen LogP contribution in [0.2, 0.25) is 5.02 Å². The van der Waals surface area contributed by atoms with E-state index in [2.05, 4.69) is 10.6 Å². The number of nitrogens with one attached hydrogen (secondary N) is 2. The molecule has 1 unspecified atom stereocenters. The Kier molecular flexibility index (Phi) is 5.27. The largest absolute Gasteiger partial charge is 0.481 e. The lowest BCUT2D eigenvalue weighted by atomic mass is 10.2. The van der Waals surface area contributed by atoms with Crippen molar-refractivity contribution in [3.8, 4) is 0 Å². The minimum Gasteiger partial charge on any atom is -0.481 e. The van der Waals surface area contributed by atoms with Crippen molar-refractivity contribution < 1.29 is 19.6 Å². The van der Waals surface area contributed by atoms with Crippen LogP contribution in [0.25, 0.3) is 0 Å². The average Bonchev–Trinajstić information content (AvgIpc) is 2.29. The number of nitro benzene ring substituents is 1. The van der Waals surface area contributed by atoms with Gasteiger partial charge in [0.1, 0.15) is 5.02 Å². The fourth-order valence-corrected chi connectivity index (χ4v) is 1.62. The Bertz CT molecular complexity index is 549. The van der Waals surface area contributed by atoms with E-state index in [4.69, 9.17) is 16.7 Å². The molecule has 0 saturated carbocycles. The Morgan fingerprint density at radius 1 is 1.50 bits per heavy atom. The molecule has 1 aromatic rings. The molecule has 0 bridgehead atoms. The molecule has 1 aromatic carbocycles. The Morgan fingerprint density at radius 3 is 2.70 bits per heavy atom. The molecule has 8 nitrogen and oxygen atoms in total. The summed E-state index contributed by atoms with van der Waals surface area (Å²) in [6.45, 7) is 1.53. The fraction of sp³-hybridized carbons (Fsp3) is 0.273. The van der Waals surface area contributed by atoms with Gasteiger partial charge in [-0.15, -0.1) is 0 Å². The molecule has 0 aliphatic carbocycles. The number of nitrogens with zero attached hydrogens (tertiary/aromatic N) is 1. The van der Waals surface area contributed by atoms with Crippen LogP contribution < -0.4 is 10.6 Å². The van der Waals surface area contributed by atoms with Crippen molar-refractivity contribution in [2.24, 2.45) is 0 Å². The molecular weight excluding hydrogens is 290 g/mol. The summed E-state index contributed by atoms with van der Waals surface area (Å²) in [5, 5.41) is 23.9. The Morgan fingerprint density at radius 2 is 2.15 bits per heavy atom. The highest BCUT2D eigenvalue weighted by atomic mass is 35.5. The molecule has 1 rings (SSSR count). The van der Waals surface area contributed by atoms with Crippen LogP contribution in [0, 0.1) is 10.1 Å². The Balaban J connectivity index is 2.69. The van der Waals surface area contributed by atoms with E-state index in [1.54, 1.807) is 0 Å². The molecular formula is C11H12ClN3O5. The molecule has 0 fully saturated rings. The third kappa shape index (κ3) is 4.73. The van der Waals surface area contributed by atoms with Crippen molar-refractivity contribution in [2.75, 3.05) is 5.32 Å². The van der Waals surface area contributed by atoms with Crippen LogP contribution in [0.3, 0.4) is 0 Å². The summed E-state index contributed by atoms with van der Waals surface area (Å²) in [7, 11) is 0. The number of urea groups is 1. The first-order valence-corrected chi connectivity index (χ1v) is 5.90. The van der Waals surface area contributed by atoms with Gasteiger partial charge in [0.05, 0.1) is 11.3 Å². The smallest absolute Gasteiger partial charge is 0.319 e. The number of carboxylic acid groups (broad SMARTS) is 1. The maximum Gasteiger partial charge on any atom is 0.319 e. The summed E-state index contributed by atoms with van der Waals surface area (Å²) < 4.78 is 0. The van der Waals surface area contributed by atoms with Crippen LogP contribution in [0.5, 0.6) is 0 Å². The van der Waals surface area contributed by atoms with E-state index in [0.29, 0.717) is 0 Å². The molecule has 0 aliphatic rings. The number of carboxylic acids is 1. The number of halogens is 1. The van der Waals surface area contributed by atoms with E-state index in [9.17, 15) is 19.7 Å². The van der Waals surface area contributed by atoms with Crippen LogP contribution in [0.1, 0.15) is 13.3 Å². The first kappa shape index (κ1) is 15.7. The van der Waals surface area contributed by atoms with Crippen molar-refractivity contribution in [2.45, 2.75) is 19.4 Å². The van der Waals surface area contributed by atoms with Gasteiger partial charge in [0, 0.05) is 17.8 Å². The number of hydrogen-bond donors (Lipinski definition) is 3. The Labute approximate surface area is 118 Å². The number of rotatable bonds is 5. The molecule has 108 valence electrons. The van der Waals surface area contributed by atoms with Crippen molar-refractivity contribution in [3.05, 3.63) is 33.3 Å². The lowest BCUT2D eigenvalue weighted by molar-refractivity contribution is -0.384. The van der Waals surface area contributed by atoms with E-state index < -0.39 is 23.0 Å². The molecule has 9 heteroatoms. The summed E-state index contributed by atoms with van der Waals surface area (Å²) in [5.41, 5.74) is -0.149. The third-order valence-corrected chi connectivity index (χ3v) is 2.58. The quantitative estimate of drug-likeness (QED) is 0.568. The van der Waals surface area contributed by atoms with Crippen molar-refractivity contribution in [3.63, 3.8) is 0 Å². The molecule has 0 radical (unpaired) electrons. The van der Waals surface area contributed by atoms with Gasteiger partial charge in [-0.2, -0.15) is 0 Å². The summed E-state index contributed by atoms with van der Waals surface area (Å²) in [6, 6.07) is 2.57. The number of hydrogen-bond acceptors (Lipinski definition) is 4. The standard InChI is InChI=1S/C11H12ClN3O5/c1-6(4-10(16)17)13-11(18)14-7-2-3-8(12)9(5-7)15(19)20/h2-3,5-6H,4H2,1H3,(H,16,17)(H2,13,14,18). The van der Waals surface area contributed by atoms with Crippen molar-refractivity contribution >= 4 is 35.0 Å². The van der Waals surface area contributed by atoms with Gasteiger partial charge in [0.2, 0.25) is 0 Å². The van der Waals surface area contributed by atoms with E-state index in [0.717, 1.165) is 6.07 Å². The zero-order valence-electron chi connectivity index (χ0n) is 10.4. The summed E-state index contributed by atoms with van der Waals surface area (Å²) >= 11 is 5.63. The molecule has 0 spiro atoms. The molecule has 3 N–H and O–H groups in total. The van der Waals surface area contributed by atoms with Gasteiger partial charge in [0.25, 0.3) is 5.69 Å². The summed E-state index contributed by atoms with van der Waals surface area (Å²) in [6.07, 6.45) is -0.228. The first-order chi connectivity index (χ1) is 9.29. The van der Waals surface area contributed by atoms with Gasteiger partial charge in [-0.25, -0.2) is 4.79 Å². The summed E-state index contributed by atoms with van der Waals surface area (Å²) in [5.74, 6) is -1.04.